The van der Waals surface area contributed by atoms with Crippen LogP contribution < -0.4 is 16.8 Å². The molecule has 1 saturated heterocycles. The van der Waals surface area contributed by atoms with Gasteiger partial charge in [0.1, 0.15) is 0 Å². The largest absolute Gasteiger partial charge is 0.370 e. The van der Waals surface area contributed by atoms with Gasteiger partial charge in [-0.15, -0.1) is 0 Å². The molecule has 0 aromatic rings. The van der Waals surface area contributed by atoms with Crippen LogP contribution in [0.5, 0.6) is 0 Å². The molecule has 1 fully saturated rings. The van der Waals surface area contributed by atoms with Crippen molar-refractivity contribution in [3.8, 4) is 0 Å². The maximum absolute atomic E-state index is 11.4. The number of amides is 2. The first kappa shape index (κ1) is 12.3. The predicted octanol–water partition coefficient (Wildman–Crippen LogP) is -0.942. The molecular weight excluding hydrogens is 214 g/mol. The van der Waals surface area contributed by atoms with Gasteiger partial charge >= 0.3 is 0 Å². The molecule has 5 N–H and O–H groups in total. The van der Waals surface area contributed by atoms with Crippen LogP contribution in [0, 0.1) is 5.92 Å². The minimum absolute atomic E-state index is 0.0920. The fraction of sp³-hybridized carbons (Fsp3) is 0.778. The number of primary amides is 1. The molecule has 0 aromatic carbocycles. The van der Waals surface area contributed by atoms with Crippen molar-refractivity contribution in [2.45, 2.75) is 18.9 Å². The number of thioether (sulfide) groups is 1. The normalized spacial score (nSPS) is 22.3. The van der Waals surface area contributed by atoms with E-state index < -0.39 is 11.9 Å². The first-order valence-corrected chi connectivity index (χ1v) is 6.14. The fourth-order valence-corrected chi connectivity index (χ4v) is 2.71. The Morgan fingerprint density at radius 3 is 2.80 bits per heavy atom. The highest BCUT2D eigenvalue weighted by Crippen LogP contribution is 2.22. The minimum atomic E-state index is -0.809. The molecule has 1 rings (SSSR count). The molecule has 2 amide bonds. The van der Waals surface area contributed by atoms with Gasteiger partial charge in [-0.2, -0.15) is 11.8 Å². The zero-order valence-corrected chi connectivity index (χ0v) is 9.39. The zero-order chi connectivity index (χ0) is 11.3. The van der Waals surface area contributed by atoms with Crippen molar-refractivity contribution in [2.24, 2.45) is 17.4 Å². The molecule has 86 valence electrons. The third kappa shape index (κ3) is 4.53. The Morgan fingerprint density at radius 1 is 1.53 bits per heavy atom. The maximum Gasteiger partial charge on any atom is 0.237 e. The Morgan fingerprint density at radius 2 is 2.27 bits per heavy atom. The van der Waals surface area contributed by atoms with Crippen LogP contribution in [0.2, 0.25) is 0 Å². The lowest BCUT2D eigenvalue weighted by Crippen LogP contribution is -2.44. The number of carbonyl (C=O) groups is 2. The maximum atomic E-state index is 11.4. The van der Waals surface area contributed by atoms with Gasteiger partial charge in [0.05, 0.1) is 12.5 Å². The summed E-state index contributed by atoms with van der Waals surface area (Å²) in [7, 11) is 0. The topological polar surface area (TPSA) is 98.2 Å². The van der Waals surface area contributed by atoms with Gasteiger partial charge in [0.2, 0.25) is 11.8 Å². The average molecular weight is 231 g/mol. The summed E-state index contributed by atoms with van der Waals surface area (Å²) in [5.74, 6) is 1.96. The summed E-state index contributed by atoms with van der Waals surface area (Å²) in [6.45, 7) is 0.651. The molecule has 6 heteroatoms. The van der Waals surface area contributed by atoms with Gasteiger partial charge < -0.3 is 16.8 Å². The van der Waals surface area contributed by atoms with Gasteiger partial charge in [0, 0.05) is 6.54 Å². The van der Waals surface area contributed by atoms with Crippen LogP contribution in [0.3, 0.4) is 0 Å². The van der Waals surface area contributed by atoms with E-state index in [0.717, 1.165) is 17.9 Å². The van der Waals surface area contributed by atoms with E-state index in [-0.39, 0.29) is 12.3 Å². The average Bonchev–Trinajstić information content (AvgIpc) is 2.65. The Balaban J connectivity index is 2.19. The van der Waals surface area contributed by atoms with Gasteiger partial charge in [0.25, 0.3) is 0 Å². The second kappa shape index (κ2) is 5.97. The van der Waals surface area contributed by atoms with E-state index in [2.05, 4.69) is 5.32 Å². The lowest BCUT2D eigenvalue weighted by atomic mass is 10.1. The molecule has 1 heterocycles. The van der Waals surface area contributed by atoms with Gasteiger partial charge in [-0.25, -0.2) is 0 Å². The van der Waals surface area contributed by atoms with Crippen LogP contribution in [-0.2, 0) is 9.59 Å². The van der Waals surface area contributed by atoms with Crippen LogP contribution in [0.4, 0.5) is 0 Å². The Kier molecular flexibility index (Phi) is 4.90. The molecule has 0 aromatic heterocycles. The summed E-state index contributed by atoms with van der Waals surface area (Å²) in [6.07, 6.45) is 1.04. The van der Waals surface area contributed by atoms with Crippen molar-refractivity contribution in [2.75, 3.05) is 18.1 Å². The summed E-state index contributed by atoms with van der Waals surface area (Å²) in [6, 6.07) is -0.809. The Hall–Kier alpha value is -0.750. The number of hydrogen-bond donors (Lipinski definition) is 3. The van der Waals surface area contributed by atoms with E-state index in [9.17, 15) is 9.59 Å². The summed E-state index contributed by atoms with van der Waals surface area (Å²) in [4.78, 5) is 21.9. The molecule has 0 aliphatic carbocycles. The predicted molar refractivity (Wildman–Crippen MR) is 60.2 cm³/mol. The second-order valence-corrected chi connectivity index (χ2v) is 4.90. The molecule has 2 atom stereocenters. The van der Waals surface area contributed by atoms with E-state index in [1.54, 1.807) is 0 Å². The molecule has 0 radical (unpaired) electrons. The quantitative estimate of drug-likeness (QED) is 0.568. The Bertz CT molecular complexity index is 242. The lowest BCUT2D eigenvalue weighted by molar-refractivity contribution is -0.126. The number of rotatable bonds is 5. The second-order valence-electron chi connectivity index (χ2n) is 3.75. The van der Waals surface area contributed by atoms with Gasteiger partial charge in [0.15, 0.2) is 0 Å². The standard InChI is InChI=1S/C9H17N3O2S/c10-7(3-8(11)13)9(14)12-4-6-1-2-15-5-6/h6-7H,1-5,10H2,(H2,11,13)(H,12,14). The molecule has 15 heavy (non-hydrogen) atoms. The monoisotopic (exact) mass is 231 g/mol. The highest BCUT2D eigenvalue weighted by atomic mass is 32.2. The Labute approximate surface area is 93.3 Å². The van der Waals surface area contributed by atoms with Crippen molar-refractivity contribution in [1.29, 1.82) is 0 Å². The van der Waals surface area contributed by atoms with Crippen LogP contribution in [0.1, 0.15) is 12.8 Å². The first-order chi connectivity index (χ1) is 7.09. The third-order valence-electron chi connectivity index (χ3n) is 2.35. The third-order valence-corrected chi connectivity index (χ3v) is 3.58. The van der Waals surface area contributed by atoms with Crippen molar-refractivity contribution >= 4 is 23.6 Å². The van der Waals surface area contributed by atoms with Crippen molar-refractivity contribution in [1.82, 2.24) is 5.32 Å². The van der Waals surface area contributed by atoms with Crippen LogP contribution in [0.15, 0.2) is 0 Å². The summed E-state index contributed by atoms with van der Waals surface area (Å²) in [5, 5.41) is 2.74. The van der Waals surface area contributed by atoms with Crippen molar-refractivity contribution < 1.29 is 9.59 Å². The van der Waals surface area contributed by atoms with Gasteiger partial charge in [-0.05, 0) is 23.8 Å². The number of nitrogens with two attached hydrogens (primary N) is 2. The molecule has 1 aliphatic heterocycles. The van der Waals surface area contributed by atoms with Gasteiger partial charge in [-0.3, -0.25) is 9.59 Å². The van der Waals surface area contributed by atoms with E-state index in [1.165, 1.54) is 0 Å². The van der Waals surface area contributed by atoms with E-state index in [1.807, 2.05) is 11.8 Å². The van der Waals surface area contributed by atoms with E-state index >= 15 is 0 Å². The summed E-state index contributed by atoms with van der Waals surface area (Å²) >= 11 is 1.90. The molecule has 5 nitrogen and oxygen atoms in total. The van der Waals surface area contributed by atoms with Crippen molar-refractivity contribution in [3.63, 3.8) is 0 Å². The lowest BCUT2D eigenvalue weighted by Gasteiger charge is -2.13. The van der Waals surface area contributed by atoms with Crippen LogP contribution in [0.25, 0.3) is 0 Å². The molecule has 2 unspecified atom stereocenters. The zero-order valence-electron chi connectivity index (χ0n) is 8.57. The number of carbonyl (C=O) groups excluding carboxylic acids is 2. The first-order valence-electron chi connectivity index (χ1n) is 4.99. The molecule has 0 saturated carbocycles. The SMILES string of the molecule is NC(=O)CC(N)C(=O)NCC1CCSC1. The summed E-state index contributed by atoms with van der Waals surface area (Å²) < 4.78 is 0. The van der Waals surface area contributed by atoms with Gasteiger partial charge in [-0.1, -0.05) is 0 Å². The highest BCUT2D eigenvalue weighted by molar-refractivity contribution is 7.99. The van der Waals surface area contributed by atoms with Crippen LogP contribution in [-0.4, -0.2) is 35.9 Å². The van der Waals surface area contributed by atoms with Crippen molar-refractivity contribution in [3.05, 3.63) is 0 Å². The van der Waals surface area contributed by atoms with E-state index in [4.69, 9.17) is 11.5 Å². The van der Waals surface area contributed by atoms with Crippen LogP contribution >= 0.6 is 11.8 Å². The minimum Gasteiger partial charge on any atom is -0.370 e. The fourth-order valence-electron chi connectivity index (χ4n) is 1.43. The summed E-state index contributed by atoms with van der Waals surface area (Å²) in [5.41, 5.74) is 10.4. The highest BCUT2D eigenvalue weighted by Gasteiger charge is 2.19. The molecular formula is C9H17N3O2S. The molecule has 1 aliphatic rings. The van der Waals surface area contributed by atoms with E-state index in [0.29, 0.717) is 12.5 Å². The number of hydrogen-bond acceptors (Lipinski definition) is 4. The molecule has 0 spiro atoms. The smallest absolute Gasteiger partial charge is 0.237 e. The molecule has 0 bridgehead atoms. The number of nitrogens with one attached hydrogen (secondary N) is 1.